The number of fused-ring (bicyclic) bond motifs is 7. The van der Waals surface area contributed by atoms with Gasteiger partial charge in [-0.05, 0) is 87.4 Å². The van der Waals surface area contributed by atoms with Crippen molar-refractivity contribution in [2.45, 2.75) is 51.9 Å². The summed E-state index contributed by atoms with van der Waals surface area (Å²) in [4.78, 5) is 15.5. The van der Waals surface area contributed by atoms with E-state index >= 15 is 0 Å². The Labute approximate surface area is 379 Å². The summed E-state index contributed by atoms with van der Waals surface area (Å²) in [6, 6.07) is 67.7. The molecule has 0 spiro atoms. The molecule has 314 valence electrons. The molecular formula is C60H49N5. The first-order chi connectivity index (χ1) is 31.7. The maximum absolute atomic E-state index is 5.24. The van der Waals surface area contributed by atoms with Crippen LogP contribution < -0.4 is 0 Å². The van der Waals surface area contributed by atoms with Gasteiger partial charge in [0.25, 0.3) is 0 Å². The number of nitrogens with zero attached hydrogens (tertiary/aromatic N) is 5. The van der Waals surface area contributed by atoms with Crippen LogP contribution in [0.4, 0.5) is 0 Å². The summed E-state index contributed by atoms with van der Waals surface area (Å²) in [5.74, 6) is 2.42. The molecule has 8 aromatic carbocycles. The molecule has 3 heterocycles. The van der Waals surface area contributed by atoms with Crippen LogP contribution in [0.25, 0.3) is 100 Å². The predicted molar refractivity (Wildman–Crippen MR) is 270 cm³/mol. The molecule has 3 aromatic heterocycles. The van der Waals surface area contributed by atoms with Crippen molar-refractivity contribution in [1.82, 2.24) is 24.1 Å². The highest BCUT2D eigenvalue weighted by Crippen LogP contribution is 2.52. The molecule has 1 unspecified atom stereocenters. The van der Waals surface area contributed by atoms with Crippen LogP contribution in [-0.2, 0) is 10.8 Å². The lowest BCUT2D eigenvalue weighted by Gasteiger charge is -2.47. The Kier molecular flexibility index (Phi) is 8.83. The number of hydrogen-bond donors (Lipinski definition) is 0. The zero-order chi connectivity index (χ0) is 44.0. The van der Waals surface area contributed by atoms with Gasteiger partial charge in [0, 0.05) is 38.2 Å². The molecule has 65 heavy (non-hydrogen) atoms. The van der Waals surface area contributed by atoms with E-state index in [2.05, 4.69) is 195 Å². The van der Waals surface area contributed by atoms with Crippen LogP contribution in [0.15, 0.2) is 188 Å². The fourth-order valence-corrected chi connectivity index (χ4v) is 11.0. The van der Waals surface area contributed by atoms with Gasteiger partial charge < -0.3 is 4.57 Å². The minimum Gasteiger partial charge on any atom is -0.309 e. The van der Waals surface area contributed by atoms with Gasteiger partial charge >= 0.3 is 0 Å². The van der Waals surface area contributed by atoms with Gasteiger partial charge in [-0.3, -0.25) is 4.57 Å². The Hall–Kier alpha value is -7.63. The Morgan fingerprint density at radius 2 is 0.938 bits per heavy atom. The third-order valence-electron chi connectivity index (χ3n) is 14.5. The Bertz CT molecular complexity index is 3590. The number of benzene rings is 8. The van der Waals surface area contributed by atoms with Crippen molar-refractivity contribution in [3.05, 3.63) is 199 Å². The fourth-order valence-electron chi connectivity index (χ4n) is 11.0. The molecule has 0 N–H and O–H groups in total. The fraction of sp³-hybridized carbons (Fsp3) is 0.150. The molecule has 0 saturated heterocycles. The van der Waals surface area contributed by atoms with Crippen molar-refractivity contribution in [2.24, 2.45) is 5.92 Å². The van der Waals surface area contributed by atoms with Gasteiger partial charge in [0.05, 0.1) is 27.8 Å². The molecule has 0 fully saturated rings. The summed E-state index contributed by atoms with van der Waals surface area (Å²) >= 11 is 0. The molecule has 1 atom stereocenters. The molecule has 0 saturated carbocycles. The minimum atomic E-state index is 0.0546. The summed E-state index contributed by atoms with van der Waals surface area (Å²) in [5.41, 5.74) is 15.4. The van der Waals surface area contributed by atoms with E-state index in [1.165, 1.54) is 44.2 Å². The molecule has 5 heteroatoms. The van der Waals surface area contributed by atoms with E-state index in [1.54, 1.807) is 0 Å². The molecule has 5 nitrogen and oxygen atoms in total. The minimum absolute atomic E-state index is 0.0546. The third kappa shape index (κ3) is 6.17. The number of aromatic nitrogens is 5. The second-order valence-corrected chi connectivity index (χ2v) is 19.1. The highest BCUT2D eigenvalue weighted by atomic mass is 15.2. The SMILES string of the molecule is CC1CC(C)(C)c2c(-c3cccc(-c4ccccc4-n4c5ccccc5c5cc6c7ccccc7n(-c7nc(-c8ccccc8)nc(-c8ccccc8)n7)c6cc54)c3)cccc2C1(C)C. The molecule has 0 aliphatic heterocycles. The van der Waals surface area contributed by atoms with Gasteiger partial charge in [0.2, 0.25) is 5.95 Å². The van der Waals surface area contributed by atoms with Crippen LogP contribution in [0.5, 0.6) is 0 Å². The first-order valence-electron chi connectivity index (χ1n) is 22.8. The van der Waals surface area contributed by atoms with Crippen molar-refractivity contribution in [2.75, 3.05) is 0 Å². The summed E-state index contributed by atoms with van der Waals surface area (Å²) < 4.78 is 4.69. The highest BCUT2D eigenvalue weighted by molar-refractivity contribution is 6.19. The van der Waals surface area contributed by atoms with E-state index < -0.39 is 0 Å². The molecule has 0 radical (unpaired) electrons. The summed E-state index contributed by atoms with van der Waals surface area (Å²) in [7, 11) is 0. The highest BCUT2D eigenvalue weighted by Gasteiger charge is 2.43. The van der Waals surface area contributed by atoms with Gasteiger partial charge in [-0.15, -0.1) is 0 Å². The zero-order valence-electron chi connectivity index (χ0n) is 37.4. The molecular weight excluding hydrogens is 791 g/mol. The van der Waals surface area contributed by atoms with Crippen LogP contribution >= 0.6 is 0 Å². The van der Waals surface area contributed by atoms with Gasteiger partial charge in [-0.1, -0.05) is 186 Å². The van der Waals surface area contributed by atoms with Crippen LogP contribution in [0.2, 0.25) is 0 Å². The van der Waals surface area contributed by atoms with E-state index in [-0.39, 0.29) is 10.8 Å². The van der Waals surface area contributed by atoms with Gasteiger partial charge in [0.1, 0.15) is 0 Å². The second-order valence-electron chi connectivity index (χ2n) is 19.1. The predicted octanol–water partition coefficient (Wildman–Crippen LogP) is 15.3. The average molecular weight is 840 g/mol. The Morgan fingerprint density at radius 3 is 1.60 bits per heavy atom. The summed E-state index contributed by atoms with van der Waals surface area (Å²) in [6.07, 6.45) is 1.15. The monoisotopic (exact) mass is 839 g/mol. The molecule has 1 aliphatic rings. The van der Waals surface area contributed by atoms with E-state index in [9.17, 15) is 0 Å². The van der Waals surface area contributed by atoms with Crippen molar-refractivity contribution in [1.29, 1.82) is 0 Å². The average Bonchev–Trinajstić information content (AvgIpc) is 3.84. The normalized spacial score (nSPS) is 15.5. The zero-order valence-corrected chi connectivity index (χ0v) is 37.4. The van der Waals surface area contributed by atoms with E-state index in [4.69, 9.17) is 15.0 Å². The molecule has 12 rings (SSSR count). The van der Waals surface area contributed by atoms with E-state index in [1.807, 2.05) is 36.4 Å². The molecule has 11 aromatic rings. The third-order valence-corrected chi connectivity index (χ3v) is 14.5. The summed E-state index contributed by atoms with van der Waals surface area (Å²) in [5, 5.41) is 4.69. The number of para-hydroxylation sites is 3. The molecule has 0 bridgehead atoms. The second kappa shape index (κ2) is 14.7. The Morgan fingerprint density at radius 1 is 0.431 bits per heavy atom. The van der Waals surface area contributed by atoms with Crippen molar-refractivity contribution in [3.63, 3.8) is 0 Å². The lowest BCUT2D eigenvalue weighted by atomic mass is 9.57. The van der Waals surface area contributed by atoms with Gasteiger partial charge in [0.15, 0.2) is 11.6 Å². The maximum Gasteiger partial charge on any atom is 0.238 e. The van der Waals surface area contributed by atoms with Gasteiger partial charge in [-0.2, -0.15) is 9.97 Å². The quantitative estimate of drug-likeness (QED) is 0.168. The first kappa shape index (κ1) is 39.0. The Balaban J connectivity index is 1.09. The smallest absolute Gasteiger partial charge is 0.238 e. The largest absolute Gasteiger partial charge is 0.309 e. The maximum atomic E-state index is 5.24. The van der Waals surface area contributed by atoms with E-state index in [0.717, 1.165) is 56.1 Å². The lowest BCUT2D eigenvalue weighted by Crippen LogP contribution is -2.40. The van der Waals surface area contributed by atoms with Gasteiger partial charge in [-0.25, -0.2) is 4.98 Å². The molecule has 0 amide bonds. The van der Waals surface area contributed by atoms with Crippen molar-refractivity contribution in [3.8, 4) is 56.7 Å². The van der Waals surface area contributed by atoms with Crippen LogP contribution in [0.1, 0.15) is 52.2 Å². The topological polar surface area (TPSA) is 48.5 Å². The molecule has 1 aliphatic carbocycles. The summed E-state index contributed by atoms with van der Waals surface area (Å²) in [6.45, 7) is 12.1. The van der Waals surface area contributed by atoms with Crippen LogP contribution in [0, 0.1) is 5.92 Å². The van der Waals surface area contributed by atoms with Crippen LogP contribution in [0.3, 0.4) is 0 Å². The van der Waals surface area contributed by atoms with Crippen molar-refractivity contribution < 1.29 is 0 Å². The first-order valence-corrected chi connectivity index (χ1v) is 22.8. The van der Waals surface area contributed by atoms with Crippen molar-refractivity contribution >= 4 is 43.6 Å². The standard InChI is InChI=1S/C60H49N5/c1-38-37-59(2,3)55-44(29-19-30-49(55)60(38,4)5)42-25-18-24-41(34-42)43-26-12-15-31-50(43)64-51-32-16-13-27-45(51)47-35-48-46-28-14-17-33-52(46)65(54(48)36-53(47)64)58-62-56(39-20-8-6-9-21-39)61-57(63-58)40-22-10-7-11-23-40/h6-36,38H,37H2,1-5H3. The van der Waals surface area contributed by atoms with E-state index in [0.29, 0.717) is 23.5 Å². The lowest BCUT2D eigenvalue weighted by molar-refractivity contribution is 0.234. The van der Waals surface area contributed by atoms with Crippen LogP contribution in [-0.4, -0.2) is 24.1 Å². The number of hydrogen-bond acceptors (Lipinski definition) is 3. The number of rotatable bonds is 6.